The number of ether oxygens (including phenoxy) is 1. The lowest BCUT2D eigenvalue weighted by Gasteiger charge is -2.27. The van der Waals surface area contributed by atoms with E-state index in [9.17, 15) is 4.79 Å². The molecule has 0 atom stereocenters. The SMILES string of the molecule is O=C(Cn1cncn1)N(CCCN1CCOCC1)c1nc2c(Cl)cccc2s1. The first kappa shape index (κ1) is 19.3. The summed E-state index contributed by atoms with van der Waals surface area (Å²) < 4.78 is 7.89. The van der Waals surface area contributed by atoms with E-state index in [0.29, 0.717) is 16.7 Å². The minimum atomic E-state index is -0.0670. The average Bonchev–Trinajstić information content (AvgIpc) is 3.36. The van der Waals surface area contributed by atoms with Crippen LogP contribution in [0.25, 0.3) is 10.2 Å². The maximum Gasteiger partial charge on any atom is 0.250 e. The summed E-state index contributed by atoms with van der Waals surface area (Å²) in [6.07, 6.45) is 3.82. The molecule has 1 saturated heterocycles. The summed E-state index contributed by atoms with van der Waals surface area (Å²) in [4.78, 5) is 25.6. The zero-order valence-corrected chi connectivity index (χ0v) is 16.9. The third-order valence-electron chi connectivity index (χ3n) is 4.61. The third kappa shape index (κ3) is 4.49. The van der Waals surface area contributed by atoms with E-state index >= 15 is 0 Å². The molecule has 0 spiro atoms. The fourth-order valence-electron chi connectivity index (χ4n) is 3.16. The second kappa shape index (κ2) is 8.95. The lowest BCUT2D eigenvalue weighted by Crippen LogP contribution is -2.40. The molecule has 148 valence electrons. The number of halogens is 1. The van der Waals surface area contributed by atoms with E-state index < -0.39 is 0 Å². The van der Waals surface area contributed by atoms with Gasteiger partial charge in [-0.1, -0.05) is 29.0 Å². The number of nitrogens with zero attached hydrogens (tertiary/aromatic N) is 6. The van der Waals surface area contributed by atoms with Crippen molar-refractivity contribution < 1.29 is 9.53 Å². The van der Waals surface area contributed by atoms with Crippen molar-refractivity contribution in [2.75, 3.05) is 44.3 Å². The molecule has 0 bridgehead atoms. The lowest BCUT2D eigenvalue weighted by molar-refractivity contribution is -0.119. The van der Waals surface area contributed by atoms with Crippen LogP contribution in [0, 0.1) is 0 Å². The first-order valence-electron chi connectivity index (χ1n) is 9.18. The standard InChI is InChI=1S/C18H21ClN6O2S/c19-14-3-1-4-15-17(14)22-18(28-15)25(16(26)11-24-13-20-12-21-24)6-2-5-23-7-9-27-10-8-23/h1,3-4,12-13H,2,5-11H2. The van der Waals surface area contributed by atoms with E-state index in [1.54, 1.807) is 11.2 Å². The second-order valence-electron chi connectivity index (χ2n) is 6.53. The van der Waals surface area contributed by atoms with Crippen molar-refractivity contribution in [3.05, 3.63) is 35.9 Å². The van der Waals surface area contributed by atoms with Gasteiger partial charge in [0.1, 0.15) is 24.7 Å². The van der Waals surface area contributed by atoms with E-state index in [4.69, 9.17) is 16.3 Å². The number of morpholine rings is 1. The molecule has 1 aromatic carbocycles. The summed E-state index contributed by atoms with van der Waals surface area (Å²) in [6, 6.07) is 5.68. The molecule has 3 heterocycles. The van der Waals surface area contributed by atoms with Gasteiger partial charge in [-0.05, 0) is 18.6 Å². The molecule has 8 nitrogen and oxygen atoms in total. The normalized spacial score (nSPS) is 15.2. The number of thiazole rings is 1. The maximum atomic E-state index is 13.0. The van der Waals surface area contributed by atoms with E-state index in [1.807, 2.05) is 18.2 Å². The van der Waals surface area contributed by atoms with Crippen LogP contribution >= 0.6 is 22.9 Å². The molecule has 1 amide bonds. The number of carbonyl (C=O) groups excluding carboxylic acids is 1. The van der Waals surface area contributed by atoms with Gasteiger partial charge in [0, 0.05) is 26.2 Å². The van der Waals surface area contributed by atoms with Crippen molar-refractivity contribution in [3.8, 4) is 0 Å². The Morgan fingerprint density at radius 3 is 2.93 bits per heavy atom. The minimum absolute atomic E-state index is 0.0670. The fraction of sp³-hybridized carbons (Fsp3) is 0.444. The van der Waals surface area contributed by atoms with Crippen LogP contribution in [0.3, 0.4) is 0 Å². The largest absolute Gasteiger partial charge is 0.379 e. The molecule has 3 aromatic rings. The number of amides is 1. The lowest BCUT2D eigenvalue weighted by atomic mass is 10.3. The van der Waals surface area contributed by atoms with Crippen molar-refractivity contribution in [3.63, 3.8) is 0 Å². The quantitative estimate of drug-likeness (QED) is 0.583. The Morgan fingerprint density at radius 1 is 1.32 bits per heavy atom. The van der Waals surface area contributed by atoms with E-state index in [1.165, 1.54) is 22.3 Å². The average molecular weight is 421 g/mol. The van der Waals surface area contributed by atoms with Gasteiger partial charge in [-0.15, -0.1) is 0 Å². The Bertz CT molecular complexity index is 925. The molecule has 1 fully saturated rings. The molecule has 0 aliphatic carbocycles. The third-order valence-corrected chi connectivity index (χ3v) is 5.96. The number of aromatic nitrogens is 4. The molecule has 1 aliphatic heterocycles. The van der Waals surface area contributed by atoms with Crippen molar-refractivity contribution in [2.45, 2.75) is 13.0 Å². The van der Waals surface area contributed by atoms with Crippen LogP contribution < -0.4 is 4.90 Å². The topological polar surface area (TPSA) is 76.4 Å². The highest BCUT2D eigenvalue weighted by Crippen LogP contribution is 2.33. The van der Waals surface area contributed by atoms with Crippen molar-refractivity contribution in [1.29, 1.82) is 0 Å². The van der Waals surface area contributed by atoms with Gasteiger partial charge in [-0.3, -0.25) is 14.6 Å². The monoisotopic (exact) mass is 420 g/mol. The Hall–Kier alpha value is -2.07. The summed E-state index contributed by atoms with van der Waals surface area (Å²) >= 11 is 7.75. The highest BCUT2D eigenvalue weighted by molar-refractivity contribution is 7.22. The smallest absolute Gasteiger partial charge is 0.250 e. The van der Waals surface area contributed by atoms with Gasteiger partial charge in [0.2, 0.25) is 0 Å². The summed E-state index contributed by atoms with van der Waals surface area (Å²) in [5.74, 6) is -0.0670. The predicted octanol–water partition coefficient (Wildman–Crippen LogP) is 2.30. The number of carbonyl (C=O) groups is 1. The number of benzene rings is 1. The number of anilines is 1. The van der Waals surface area contributed by atoms with Gasteiger partial charge >= 0.3 is 0 Å². The Morgan fingerprint density at radius 2 is 2.18 bits per heavy atom. The van der Waals surface area contributed by atoms with Crippen LogP contribution in [0.4, 0.5) is 5.13 Å². The summed E-state index contributed by atoms with van der Waals surface area (Å²) in [7, 11) is 0. The van der Waals surface area contributed by atoms with Crippen molar-refractivity contribution >= 4 is 44.2 Å². The van der Waals surface area contributed by atoms with Gasteiger partial charge in [0.05, 0.1) is 22.9 Å². The number of fused-ring (bicyclic) bond motifs is 1. The molecule has 2 aromatic heterocycles. The van der Waals surface area contributed by atoms with Gasteiger partial charge in [0.15, 0.2) is 5.13 Å². The molecule has 0 N–H and O–H groups in total. The minimum Gasteiger partial charge on any atom is -0.379 e. The summed E-state index contributed by atoms with van der Waals surface area (Å²) in [5.41, 5.74) is 0.732. The molecule has 0 saturated carbocycles. The zero-order chi connectivity index (χ0) is 19.3. The van der Waals surface area contributed by atoms with Crippen LogP contribution in [-0.4, -0.2) is 69.9 Å². The first-order valence-corrected chi connectivity index (χ1v) is 10.4. The Labute approximate surface area is 171 Å². The predicted molar refractivity (Wildman–Crippen MR) is 109 cm³/mol. The Balaban J connectivity index is 1.51. The molecular formula is C18H21ClN6O2S. The van der Waals surface area contributed by atoms with Crippen LogP contribution in [-0.2, 0) is 16.1 Å². The van der Waals surface area contributed by atoms with Crippen molar-refractivity contribution in [1.82, 2.24) is 24.6 Å². The number of hydrogen-bond donors (Lipinski definition) is 0. The van der Waals surface area contributed by atoms with Crippen LogP contribution in [0.2, 0.25) is 5.02 Å². The molecule has 0 unspecified atom stereocenters. The number of rotatable bonds is 7. The number of para-hydroxylation sites is 1. The van der Waals surface area contributed by atoms with E-state index in [2.05, 4.69) is 20.0 Å². The number of hydrogen-bond acceptors (Lipinski definition) is 7. The highest BCUT2D eigenvalue weighted by Gasteiger charge is 2.21. The summed E-state index contributed by atoms with van der Waals surface area (Å²) in [5, 5.41) is 5.30. The molecular weight excluding hydrogens is 400 g/mol. The first-order chi connectivity index (χ1) is 13.7. The van der Waals surface area contributed by atoms with E-state index in [0.717, 1.165) is 49.5 Å². The maximum absolute atomic E-state index is 13.0. The second-order valence-corrected chi connectivity index (χ2v) is 7.95. The highest BCUT2D eigenvalue weighted by atomic mass is 35.5. The van der Waals surface area contributed by atoms with E-state index in [-0.39, 0.29) is 12.5 Å². The van der Waals surface area contributed by atoms with Gasteiger partial charge in [0.25, 0.3) is 5.91 Å². The van der Waals surface area contributed by atoms with Gasteiger partial charge < -0.3 is 4.74 Å². The zero-order valence-electron chi connectivity index (χ0n) is 15.3. The molecule has 10 heteroatoms. The van der Waals surface area contributed by atoms with Gasteiger partial charge in [-0.2, -0.15) is 5.10 Å². The molecule has 4 rings (SSSR count). The Kier molecular flexibility index (Phi) is 6.16. The van der Waals surface area contributed by atoms with Crippen molar-refractivity contribution in [2.24, 2.45) is 0 Å². The summed E-state index contributed by atoms with van der Waals surface area (Å²) in [6.45, 7) is 5.04. The molecule has 28 heavy (non-hydrogen) atoms. The fourth-order valence-corrected chi connectivity index (χ4v) is 4.47. The van der Waals surface area contributed by atoms with Crippen LogP contribution in [0.1, 0.15) is 6.42 Å². The van der Waals surface area contributed by atoms with Crippen LogP contribution in [0.15, 0.2) is 30.9 Å². The molecule has 1 aliphatic rings. The van der Waals surface area contributed by atoms with Crippen LogP contribution in [0.5, 0.6) is 0 Å². The van der Waals surface area contributed by atoms with Gasteiger partial charge in [-0.25, -0.2) is 14.6 Å². The molecule has 0 radical (unpaired) electrons.